The number of aryl methyl sites for hydroxylation is 5. The molecule has 0 saturated heterocycles. The SMILES string of the molecule is CCCc1cccc(N(c2ccccc2)c2cc3c4c(c2)N(c2ccccc2)c2c(sc5ccccc25)B4c2cc4c(cc2N3c2ccc3c(c2)CC3)CC4)c1. The van der Waals surface area contributed by atoms with Crippen LogP contribution in [0.25, 0.3) is 10.1 Å². The number of benzene rings is 7. The number of anilines is 9. The van der Waals surface area contributed by atoms with E-state index in [-0.39, 0.29) is 6.71 Å². The molecule has 5 heteroatoms. The minimum Gasteiger partial charge on any atom is -0.311 e. The summed E-state index contributed by atoms with van der Waals surface area (Å²) >= 11 is 1.98. The third-order valence-corrected chi connectivity index (χ3v) is 13.9. The summed E-state index contributed by atoms with van der Waals surface area (Å²) in [5, 5.41) is 1.32. The summed E-state index contributed by atoms with van der Waals surface area (Å²) in [6.45, 7) is 2.38. The first kappa shape index (κ1) is 32.2. The third-order valence-electron chi connectivity index (χ3n) is 12.6. The second-order valence-electron chi connectivity index (χ2n) is 15.9. The van der Waals surface area contributed by atoms with Gasteiger partial charge in [-0.15, -0.1) is 11.3 Å². The molecule has 0 radical (unpaired) electrons. The van der Waals surface area contributed by atoms with Crippen molar-refractivity contribution >= 4 is 95.0 Å². The number of para-hydroxylation sites is 2. The fourth-order valence-electron chi connectivity index (χ4n) is 9.84. The van der Waals surface area contributed by atoms with E-state index in [0.717, 1.165) is 43.5 Å². The Labute approximate surface area is 333 Å². The van der Waals surface area contributed by atoms with E-state index in [1.807, 2.05) is 11.3 Å². The van der Waals surface area contributed by atoms with Crippen LogP contribution in [0.15, 0.2) is 152 Å². The highest BCUT2D eigenvalue weighted by molar-refractivity contribution is 7.33. The minimum absolute atomic E-state index is 0.114. The number of thiophene rings is 1. The molecule has 0 N–H and O–H groups in total. The maximum absolute atomic E-state index is 2.63. The lowest BCUT2D eigenvalue weighted by molar-refractivity contribution is 0.837. The van der Waals surface area contributed by atoms with Crippen LogP contribution in [0, 0.1) is 0 Å². The minimum atomic E-state index is 0.114. The Kier molecular flexibility index (Phi) is 7.19. The van der Waals surface area contributed by atoms with Crippen LogP contribution in [0.4, 0.5) is 51.2 Å². The summed E-state index contributed by atoms with van der Waals surface area (Å²) in [6.07, 6.45) is 6.80. The summed E-state index contributed by atoms with van der Waals surface area (Å²) in [7, 11) is 0. The number of hydrogen-bond donors (Lipinski definition) is 0. The number of rotatable bonds is 7. The second-order valence-corrected chi connectivity index (χ2v) is 17.0. The quantitative estimate of drug-likeness (QED) is 0.151. The molecule has 12 rings (SSSR count). The zero-order valence-electron chi connectivity index (χ0n) is 31.5. The first-order valence-electron chi connectivity index (χ1n) is 20.3. The molecular formula is C51H40BN3S. The van der Waals surface area contributed by atoms with Crippen LogP contribution >= 0.6 is 11.3 Å². The normalized spacial score (nSPS) is 14.3. The number of fused-ring (bicyclic) bond motifs is 8. The molecule has 7 aromatic carbocycles. The molecule has 0 saturated carbocycles. The van der Waals surface area contributed by atoms with Gasteiger partial charge in [-0.3, -0.25) is 0 Å². The fourth-order valence-corrected chi connectivity index (χ4v) is 11.2. The predicted octanol–water partition coefficient (Wildman–Crippen LogP) is 11.6. The molecule has 268 valence electrons. The van der Waals surface area contributed by atoms with Crippen molar-refractivity contribution in [2.75, 3.05) is 14.7 Å². The van der Waals surface area contributed by atoms with E-state index >= 15 is 0 Å². The molecule has 0 unspecified atom stereocenters. The van der Waals surface area contributed by atoms with Gasteiger partial charge in [-0.25, -0.2) is 0 Å². The molecule has 3 nitrogen and oxygen atoms in total. The van der Waals surface area contributed by atoms with Crippen molar-refractivity contribution in [3.63, 3.8) is 0 Å². The zero-order valence-corrected chi connectivity index (χ0v) is 32.3. The lowest BCUT2D eigenvalue weighted by Crippen LogP contribution is -2.60. The molecule has 0 spiro atoms. The van der Waals surface area contributed by atoms with Crippen LogP contribution < -0.4 is 30.4 Å². The van der Waals surface area contributed by atoms with Crippen LogP contribution in [0.1, 0.15) is 41.2 Å². The van der Waals surface area contributed by atoms with Gasteiger partial charge in [0.1, 0.15) is 0 Å². The van der Waals surface area contributed by atoms with E-state index in [0.29, 0.717) is 0 Å². The van der Waals surface area contributed by atoms with Crippen LogP contribution in [0.2, 0.25) is 0 Å². The van der Waals surface area contributed by atoms with Crippen LogP contribution in [0.3, 0.4) is 0 Å². The summed E-state index contributed by atoms with van der Waals surface area (Å²) in [5.74, 6) is 0. The fraction of sp³-hybridized carbons (Fsp3) is 0.137. The Morgan fingerprint density at radius 2 is 1.25 bits per heavy atom. The number of nitrogens with zero attached hydrogens (tertiary/aromatic N) is 3. The summed E-state index contributed by atoms with van der Waals surface area (Å²) in [6, 6.07) is 57.6. The summed E-state index contributed by atoms with van der Waals surface area (Å²) < 4.78 is 2.77. The molecule has 56 heavy (non-hydrogen) atoms. The number of hydrogen-bond acceptors (Lipinski definition) is 4. The van der Waals surface area contributed by atoms with E-state index in [1.165, 1.54) is 99.8 Å². The smallest absolute Gasteiger partial charge is 0.264 e. The van der Waals surface area contributed by atoms with Crippen molar-refractivity contribution in [2.24, 2.45) is 0 Å². The van der Waals surface area contributed by atoms with Gasteiger partial charge < -0.3 is 14.7 Å². The Morgan fingerprint density at radius 1 is 0.554 bits per heavy atom. The lowest BCUT2D eigenvalue weighted by atomic mass is 9.36. The Bertz CT molecular complexity index is 2860. The van der Waals surface area contributed by atoms with Gasteiger partial charge in [0.05, 0.1) is 11.4 Å². The highest BCUT2D eigenvalue weighted by Gasteiger charge is 2.46. The van der Waals surface area contributed by atoms with Crippen molar-refractivity contribution in [1.29, 1.82) is 0 Å². The monoisotopic (exact) mass is 737 g/mol. The van der Waals surface area contributed by atoms with Crippen molar-refractivity contribution in [3.05, 3.63) is 179 Å². The highest BCUT2D eigenvalue weighted by atomic mass is 32.1. The molecule has 4 aliphatic rings. The Hall–Kier alpha value is -6.04. The molecule has 2 aliphatic heterocycles. The molecule has 0 amide bonds. The molecule has 8 aromatic rings. The van der Waals surface area contributed by atoms with Gasteiger partial charge in [-0.2, -0.15) is 0 Å². The van der Waals surface area contributed by atoms with Gasteiger partial charge in [0, 0.05) is 54.7 Å². The van der Waals surface area contributed by atoms with Gasteiger partial charge in [-0.1, -0.05) is 92.2 Å². The Morgan fingerprint density at radius 3 is 2.02 bits per heavy atom. The molecule has 0 fully saturated rings. The van der Waals surface area contributed by atoms with Crippen LogP contribution in [-0.2, 0) is 32.1 Å². The van der Waals surface area contributed by atoms with Crippen molar-refractivity contribution in [3.8, 4) is 0 Å². The maximum atomic E-state index is 2.63. The largest absolute Gasteiger partial charge is 0.311 e. The van der Waals surface area contributed by atoms with Gasteiger partial charge in [0.2, 0.25) is 0 Å². The van der Waals surface area contributed by atoms with Crippen LogP contribution in [0.5, 0.6) is 0 Å². The zero-order chi connectivity index (χ0) is 36.9. The first-order chi connectivity index (χ1) is 27.7. The topological polar surface area (TPSA) is 9.72 Å². The van der Waals surface area contributed by atoms with Gasteiger partial charge >= 0.3 is 0 Å². The lowest BCUT2D eigenvalue weighted by Gasteiger charge is -2.45. The molecule has 2 aliphatic carbocycles. The standard InChI is InChI=1S/C51H40BN3S/c1-2-12-33-13-11-18-40(27-33)53(38-14-5-3-6-15-38)42-31-46-49-47(32-42)55(39-16-7-4-8-17-39)50-43-19-9-10-20-48(43)56-51(50)52(49)44-29-36-23-24-37(36)30-45(44)54(46)41-26-25-34-21-22-35(34)28-41/h3-11,13-20,25-32H,2,12,21-24H2,1H3. The van der Waals surface area contributed by atoms with E-state index in [4.69, 9.17) is 0 Å². The first-order valence-corrected chi connectivity index (χ1v) is 21.1. The molecule has 3 heterocycles. The van der Waals surface area contributed by atoms with Crippen molar-refractivity contribution in [1.82, 2.24) is 0 Å². The third kappa shape index (κ3) is 4.77. The molecule has 0 bridgehead atoms. The second kappa shape index (κ2) is 12.5. The summed E-state index contributed by atoms with van der Waals surface area (Å²) in [4.78, 5) is 7.70. The predicted molar refractivity (Wildman–Crippen MR) is 239 cm³/mol. The molecular weight excluding hydrogens is 697 g/mol. The molecule has 0 atom stereocenters. The van der Waals surface area contributed by atoms with Crippen LogP contribution in [-0.4, -0.2) is 6.71 Å². The van der Waals surface area contributed by atoms with E-state index in [9.17, 15) is 0 Å². The van der Waals surface area contributed by atoms with Gasteiger partial charge in [-0.05, 0) is 144 Å². The average molecular weight is 738 g/mol. The van der Waals surface area contributed by atoms with Gasteiger partial charge in [0.25, 0.3) is 6.71 Å². The molecule has 1 aromatic heterocycles. The van der Waals surface area contributed by atoms with E-state index in [1.54, 1.807) is 0 Å². The highest BCUT2D eigenvalue weighted by Crippen LogP contribution is 2.51. The van der Waals surface area contributed by atoms with E-state index in [2.05, 4.69) is 173 Å². The van der Waals surface area contributed by atoms with E-state index < -0.39 is 0 Å². The van der Waals surface area contributed by atoms with Crippen molar-refractivity contribution in [2.45, 2.75) is 45.4 Å². The Balaban J connectivity index is 1.21. The summed E-state index contributed by atoms with van der Waals surface area (Å²) in [5.41, 5.74) is 21.2. The average Bonchev–Trinajstić information content (AvgIpc) is 3.60. The van der Waals surface area contributed by atoms with Gasteiger partial charge in [0.15, 0.2) is 0 Å². The maximum Gasteiger partial charge on any atom is 0.264 e. The van der Waals surface area contributed by atoms with Crippen molar-refractivity contribution < 1.29 is 0 Å².